The van der Waals surface area contributed by atoms with Crippen molar-refractivity contribution in [2.75, 3.05) is 19.6 Å². The number of ether oxygens (including phenoxy) is 1. The van der Waals surface area contributed by atoms with E-state index in [2.05, 4.69) is 11.9 Å². The molecule has 2 saturated heterocycles. The minimum absolute atomic E-state index is 0.123. The highest BCUT2D eigenvalue weighted by atomic mass is 16.6. The first-order chi connectivity index (χ1) is 12.8. The summed E-state index contributed by atoms with van der Waals surface area (Å²) in [5, 5.41) is 0. The Morgan fingerprint density at radius 3 is 2.63 bits per heavy atom. The van der Waals surface area contributed by atoms with Crippen LogP contribution in [0.5, 0.6) is 0 Å². The van der Waals surface area contributed by atoms with E-state index in [1.807, 2.05) is 6.92 Å². The fourth-order valence-electron chi connectivity index (χ4n) is 3.80. The summed E-state index contributed by atoms with van der Waals surface area (Å²) >= 11 is 0. The smallest absolute Gasteiger partial charge is 0.410 e. The van der Waals surface area contributed by atoms with Crippen LogP contribution in [0.25, 0.3) is 0 Å². The summed E-state index contributed by atoms with van der Waals surface area (Å²) in [5.74, 6) is -0.195. The van der Waals surface area contributed by atoms with Crippen LogP contribution in [0.15, 0.2) is 21.9 Å². The van der Waals surface area contributed by atoms with E-state index in [0.717, 1.165) is 12.8 Å². The molecule has 0 bridgehead atoms. The fraction of sp³-hybridized carbons (Fsp3) is 0.667. The molecule has 1 N–H and O–H groups in total. The van der Waals surface area contributed by atoms with Crippen molar-refractivity contribution in [2.24, 2.45) is 0 Å². The minimum Gasteiger partial charge on any atom is -0.441 e. The number of nitrogens with zero attached hydrogens (tertiary/aromatic N) is 3. The molecule has 1 aromatic rings. The first kappa shape index (κ1) is 19.2. The molecule has 27 heavy (non-hydrogen) atoms. The molecule has 1 unspecified atom stereocenters. The summed E-state index contributed by atoms with van der Waals surface area (Å²) in [6, 6.07) is 1.36. The zero-order chi connectivity index (χ0) is 19.6. The molecule has 0 aromatic carbocycles. The van der Waals surface area contributed by atoms with E-state index in [0.29, 0.717) is 32.5 Å². The summed E-state index contributed by atoms with van der Waals surface area (Å²) in [5.41, 5.74) is -1.62. The fourth-order valence-corrected chi connectivity index (χ4v) is 3.80. The first-order valence-electron chi connectivity index (χ1n) is 9.41. The van der Waals surface area contributed by atoms with Gasteiger partial charge in [-0.15, -0.1) is 0 Å². The molecule has 1 atom stereocenters. The number of carbonyl (C=O) groups is 2. The van der Waals surface area contributed by atoms with E-state index in [-0.39, 0.29) is 24.6 Å². The lowest BCUT2D eigenvalue weighted by Gasteiger charge is -2.37. The van der Waals surface area contributed by atoms with Crippen LogP contribution in [0.3, 0.4) is 0 Å². The average Bonchev–Trinajstić information content (AvgIpc) is 2.94. The molecular formula is C18H26N4O5. The van der Waals surface area contributed by atoms with Crippen molar-refractivity contribution in [3.8, 4) is 0 Å². The first-order valence-corrected chi connectivity index (χ1v) is 9.41. The lowest BCUT2D eigenvalue weighted by molar-refractivity contribution is -0.135. The lowest BCUT2D eigenvalue weighted by atomic mass is 9.91. The molecule has 0 saturated carbocycles. The number of piperidine rings is 1. The van der Waals surface area contributed by atoms with Gasteiger partial charge in [-0.05, 0) is 13.3 Å². The Balaban J connectivity index is 1.58. The highest BCUT2D eigenvalue weighted by molar-refractivity contribution is 5.76. The molecule has 1 aromatic heterocycles. The molecular weight excluding hydrogens is 352 g/mol. The highest BCUT2D eigenvalue weighted by Crippen LogP contribution is 2.34. The highest BCUT2D eigenvalue weighted by Gasteiger charge is 2.48. The quantitative estimate of drug-likeness (QED) is 0.805. The van der Waals surface area contributed by atoms with Crippen molar-refractivity contribution in [1.29, 1.82) is 0 Å². The SMILES string of the molecule is CCCC(C)N1CC2(CCN(C(=O)Cn3ccc(=O)[nH]c3=O)CC2)OC1=O. The van der Waals surface area contributed by atoms with Crippen LogP contribution >= 0.6 is 0 Å². The molecule has 3 rings (SSSR count). The summed E-state index contributed by atoms with van der Waals surface area (Å²) in [7, 11) is 0. The number of nitrogens with one attached hydrogen (secondary N) is 1. The maximum atomic E-state index is 12.5. The molecule has 2 aliphatic heterocycles. The second-order valence-electron chi connectivity index (χ2n) is 7.44. The Morgan fingerprint density at radius 2 is 2.00 bits per heavy atom. The van der Waals surface area contributed by atoms with Crippen molar-refractivity contribution < 1.29 is 14.3 Å². The normalized spacial score (nSPS) is 20.0. The third kappa shape index (κ3) is 4.06. The zero-order valence-corrected chi connectivity index (χ0v) is 15.8. The number of rotatable bonds is 5. The standard InChI is InChI=1S/C18H26N4O5/c1-3-4-13(2)22-12-18(27-17(22)26)6-9-20(10-7-18)15(24)11-21-8-5-14(23)19-16(21)25/h5,8,13H,3-4,6-7,9-12H2,1-2H3,(H,19,23,25). The lowest BCUT2D eigenvalue weighted by Crippen LogP contribution is -2.50. The van der Waals surface area contributed by atoms with Gasteiger partial charge in [0.2, 0.25) is 5.91 Å². The van der Waals surface area contributed by atoms with E-state index in [4.69, 9.17) is 4.74 Å². The summed E-state index contributed by atoms with van der Waals surface area (Å²) < 4.78 is 6.88. The number of likely N-dealkylation sites (tertiary alicyclic amines) is 1. The average molecular weight is 378 g/mol. The number of H-pyrrole nitrogens is 1. The van der Waals surface area contributed by atoms with Crippen molar-refractivity contribution in [3.05, 3.63) is 33.1 Å². The van der Waals surface area contributed by atoms with Gasteiger partial charge in [-0.2, -0.15) is 0 Å². The van der Waals surface area contributed by atoms with E-state index in [1.54, 1.807) is 9.80 Å². The molecule has 0 aliphatic carbocycles. The molecule has 1 spiro atoms. The van der Waals surface area contributed by atoms with E-state index >= 15 is 0 Å². The topological polar surface area (TPSA) is 105 Å². The third-order valence-electron chi connectivity index (χ3n) is 5.47. The Kier molecular flexibility index (Phi) is 5.38. The number of carbonyl (C=O) groups excluding carboxylic acids is 2. The van der Waals surface area contributed by atoms with Crippen LogP contribution in [0.4, 0.5) is 4.79 Å². The van der Waals surface area contributed by atoms with Gasteiger partial charge in [0, 0.05) is 44.2 Å². The Bertz CT molecular complexity index is 822. The Labute approximate surface area is 156 Å². The molecule has 148 valence electrons. The number of hydrogen-bond donors (Lipinski definition) is 1. The van der Waals surface area contributed by atoms with Gasteiger partial charge in [-0.25, -0.2) is 9.59 Å². The van der Waals surface area contributed by atoms with Crippen molar-refractivity contribution in [2.45, 2.75) is 57.7 Å². The molecule has 9 heteroatoms. The van der Waals surface area contributed by atoms with Gasteiger partial charge in [-0.3, -0.25) is 19.1 Å². The number of hydrogen-bond acceptors (Lipinski definition) is 5. The van der Waals surface area contributed by atoms with Crippen molar-refractivity contribution >= 4 is 12.0 Å². The van der Waals surface area contributed by atoms with Gasteiger partial charge in [0.25, 0.3) is 5.56 Å². The molecule has 9 nitrogen and oxygen atoms in total. The number of aromatic nitrogens is 2. The van der Waals surface area contributed by atoms with Gasteiger partial charge in [0.15, 0.2) is 0 Å². The van der Waals surface area contributed by atoms with Crippen molar-refractivity contribution in [1.82, 2.24) is 19.4 Å². The second kappa shape index (κ2) is 7.58. The molecule has 3 heterocycles. The van der Waals surface area contributed by atoms with Crippen molar-refractivity contribution in [3.63, 3.8) is 0 Å². The second-order valence-corrected chi connectivity index (χ2v) is 7.44. The molecule has 2 aliphatic rings. The molecule has 2 fully saturated rings. The van der Waals surface area contributed by atoms with Crippen LogP contribution in [-0.2, 0) is 16.1 Å². The van der Waals surface area contributed by atoms with Crippen LogP contribution in [0.1, 0.15) is 39.5 Å². The Hall–Kier alpha value is -2.58. The van der Waals surface area contributed by atoms with E-state index < -0.39 is 16.9 Å². The predicted molar refractivity (Wildman–Crippen MR) is 97.4 cm³/mol. The molecule has 2 amide bonds. The summed E-state index contributed by atoms with van der Waals surface area (Å²) in [4.78, 5) is 53.2. The largest absolute Gasteiger partial charge is 0.441 e. The number of amides is 2. The van der Waals surface area contributed by atoms with E-state index in [1.165, 1.54) is 16.8 Å². The van der Waals surface area contributed by atoms with Crippen LogP contribution in [0.2, 0.25) is 0 Å². The predicted octanol–water partition coefficient (Wildman–Crippen LogP) is 0.539. The summed E-state index contributed by atoms with van der Waals surface area (Å²) in [6.45, 7) is 5.51. The van der Waals surface area contributed by atoms with Crippen LogP contribution < -0.4 is 11.2 Å². The zero-order valence-electron chi connectivity index (χ0n) is 15.8. The van der Waals surface area contributed by atoms with Gasteiger partial charge in [0.1, 0.15) is 12.1 Å². The van der Waals surface area contributed by atoms with Gasteiger partial charge in [-0.1, -0.05) is 13.3 Å². The van der Waals surface area contributed by atoms with Gasteiger partial charge >= 0.3 is 11.8 Å². The van der Waals surface area contributed by atoms with Gasteiger partial charge in [0.05, 0.1) is 6.54 Å². The molecule has 0 radical (unpaired) electrons. The number of aromatic amines is 1. The maximum Gasteiger partial charge on any atom is 0.410 e. The summed E-state index contributed by atoms with van der Waals surface area (Å²) in [6.07, 6.45) is 4.15. The van der Waals surface area contributed by atoms with Gasteiger partial charge < -0.3 is 14.5 Å². The van der Waals surface area contributed by atoms with Crippen LogP contribution in [-0.4, -0.2) is 62.6 Å². The van der Waals surface area contributed by atoms with Crippen LogP contribution in [0, 0.1) is 0 Å². The Morgan fingerprint density at radius 1 is 1.30 bits per heavy atom. The van der Waals surface area contributed by atoms with E-state index in [9.17, 15) is 19.2 Å². The third-order valence-corrected chi connectivity index (χ3v) is 5.47. The monoisotopic (exact) mass is 378 g/mol. The minimum atomic E-state index is -0.602. The maximum absolute atomic E-state index is 12.5.